The van der Waals surface area contributed by atoms with Crippen molar-refractivity contribution in [3.8, 4) is 17.2 Å². The van der Waals surface area contributed by atoms with Crippen molar-refractivity contribution in [3.63, 3.8) is 0 Å². The molecule has 2 amide bonds. The first kappa shape index (κ1) is 34.3. The smallest absolute Gasteiger partial charge is 0.337 e. The van der Waals surface area contributed by atoms with Gasteiger partial charge in [0, 0.05) is 9.27 Å². The number of allylic oxidation sites excluding steroid dienone is 1. The van der Waals surface area contributed by atoms with Crippen LogP contribution in [0.25, 0.3) is 0 Å². The molecule has 0 fully saturated rings. The summed E-state index contributed by atoms with van der Waals surface area (Å²) in [4.78, 5) is 24.6. The van der Waals surface area contributed by atoms with Crippen molar-refractivity contribution in [1.82, 2.24) is 16.1 Å². The zero-order chi connectivity index (χ0) is 32.5. The summed E-state index contributed by atoms with van der Waals surface area (Å²) in [5, 5.41) is 20.3. The standard InChI is InChI=1S/C31H31BrClIN4O7/c1-4-43-25-13-20(28-27(30(40)42-3)17(2)36-31(41)37-28)7-10-24(25)44-16-26(39)38-35-14-19-11-22(32)29(23(33)12-19)45-15-18-5-8-21(34)9-6-18/h5-14,26,28,38-39H,4,15-16H2,1-3H3,(H2,36,37,41)/b35-14-/t26-,28-/m1/s1. The molecule has 1 aliphatic heterocycles. The van der Waals surface area contributed by atoms with Crippen LogP contribution in [-0.4, -0.2) is 49.9 Å². The van der Waals surface area contributed by atoms with E-state index >= 15 is 0 Å². The highest BCUT2D eigenvalue weighted by atomic mass is 127. The fourth-order valence-corrected chi connectivity index (χ4v) is 5.70. The number of amides is 2. The Morgan fingerprint density at radius 3 is 2.60 bits per heavy atom. The van der Waals surface area contributed by atoms with E-state index in [1.54, 1.807) is 37.3 Å². The van der Waals surface area contributed by atoms with Crippen LogP contribution in [0.4, 0.5) is 4.79 Å². The summed E-state index contributed by atoms with van der Waals surface area (Å²) in [6, 6.07) is 15.3. The Hall–Kier alpha value is -3.53. The first-order valence-corrected chi connectivity index (χ1v) is 15.9. The molecular formula is C31H31BrClIN4O7. The topological polar surface area (TPSA) is 140 Å². The van der Waals surface area contributed by atoms with Gasteiger partial charge in [-0.3, -0.25) is 5.43 Å². The number of hydrogen-bond acceptors (Lipinski definition) is 9. The molecule has 3 aromatic carbocycles. The molecule has 0 unspecified atom stereocenters. The molecule has 11 nitrogen and oxygen atoms in total. The molecule has 0 bridgehead atoms. The summed E-state index contributed by atoms with van der Waals surface area (Å²) in [6.07, 6.45) is 0.344. The SMILES string of the molecule is CCOc1cc([C@H]2NC(=O)NC(C)=C2C(=O)OC)ccc1OC[C@@H](O)N/N=C\c1cc(Cl)c(OCc2ccc(I)cc2)c(Br)c1. The Labute approximate surface area is 287 Å². The van der Waals surface area contributed by atoms with Gasteiger partial charge in [-0.25, -0.2) is 9.59 Å². The maximum absolute atomic E-state index is 12.4. The predicted octanol–water partition coefficient (Wildman–Crippen LogP) is 5.81. The number of benzene rings is 3. The lowest BCUT2D eigenvalue weighted by Crippen LogP contribution is -2.45. The first-order chi connectivity index (χ1) is 21.6. The number of aliphatic hydroxyl groups excluding tert-OH is 1. The second-order valence-corrected chi connectivity index (χ2v) is 12.2. The third-order valence-electron chi connectivity index (χ3n) is 6.43. The number of esters is 1. The normalized spacial score (nSPS) is 15.3. The van der Waals surface area contributed by atoms with E-state index in [1.165, 1.54) is 13.3 Å². The molecule has 45 heavy (non-hydrogen) atoms. The van der Waals surface area contributed by atoms with Crippen LogP contribution in [0.2, 0.25) is 5.02 Å². The van der Waals surface area contributed by atoms with Crippen LogP contribution in [0.3, 0.4) is 0 Å². The Kier molecular flexibility index (Phi) is 12.3. The largest absolute Gasteiger partial charge is 0.490 e. The molecule has 4 N–H and O–H groups in total. The van der Waals surface area contributed by atoms with Gasteiger partial charge in [-0.05, 0) is 105 Å². The number of nitrogens with one attached hydrogen (secondary N) is 3. The van der Waals surface area contributed by atoms with Crippen molar-refractivity contribution >= 4 is 68.3 Å². The van der Waals surface area contributed by atoms with E-state index in [1.807, 2.05) is 31.2 Å². The van der Waals surface area contributed by atoms with Crippen LogP contribution in [0.5, 0.6) is 17.2 Å². The third kappa shape index (κ3) is 9.25. The van der Waals surface area contributed by atoms with Crippen LogP contribution in [0.1, 0.15) is 36.6 Å². The molecule has 14 heteroatoms. The summed E-state index contributed by atoms with van der Waals surface area (Å²) in [5.74, 6) is 0.654. The molecule has 1 heterocycles. The van der Waals surface area contributed by atoms with Crippen LogP contribution in [-0.2, 0) is 16.1 Å². The van der Waals surface area contributed by atoms with E-state index < -0.39 is 24.3 Å². The van der Waals surface area contributed by atoms with Gasteiger partial charge in [0.25, 0.3) is 0 Å². The number of hydrogen-bond donors (Lipinski definition) is 4. The van der Waals surface area contributed by atoms with Gasteiger partial charge in [0.2, 0.25) is 0 Å². The Morgan fingerprint density at radius 2 is 1.91 bits per heavy atom. The van der Waals surface area contributed by atoms with Gasteiger partial charge in [0.15, 0.2) is 23.5 Å². The monoisotopic (exact) mass is 812 g/mol. The molecule has 0 aromatic heterocycles. The van der Waals surface area contributed by atoms with Gasteiger partial charge >= 0.3 is 12.0 Å². The maximum atomic E-state index is 12.4. The number of urea groups is 1. The maximum Gasteiger partial charge on any atom is 0.337 e. The number of carbonyl (C=O) groups excluding carboxylic acids is 2. The van der Waals surface area contributed by atoms with Gasteiger partial charge in [-0.15, -0.1) is 0 Å². The summed E-state index contributed by atoms with van der Waals surface area (Å²) >= 11 is 12.2. The zero-order valence-corrected chi connectivity index (χ0v) is 29.0. The average Bonchev–Trinajstić information content (AvgIpc) is 3.00. The van der Waals surface area contributed by atoms with Crippen molar-refractivity contribution in [3.05, 3.63) is 95.6 Å². The van der Waals surface area contributed by atoms with E-state index in [-0.39, 0.29) is 12.2 Å². The molecule has 0 spiro atoms. The summed E-state index contributed by atoms with van der Waals surface area (Å²) in [7, 11) is 1.27. The van der Waals surface area contributed by atoms with E-state index in [0.29, 0.717) is 56.8 Å². The summed E-state index contributed by atoms with van der Waals surface area (Å²) < 4.78 is 24.2. The molecule has 0 aliphatic carbocycles. The van der Waals surface area contributed by atoms with Crippen LogP contribution in [0.15, 0.2) is 75.4 Å². The lowest BCUT2D eigenvalue weighted by Gasteiger charge is -2.28. The van der Waals surface area contributed by atoms with Gasteiger partial charge in [0.05, 0.1) is 41.0 Å². The number of aliphatic hydroxyl groups is 1. The fraction of sp³-hybridized carbons (Fsp3) is 0.258. The molecule has 0 saturated carbocycles. The number of methoxy groups -OCH3 is 1. The quantitative estimate of drug-likeness (QED) is 0.0559. The average molecular weight is 814 g/mol. The number of halogens is 3. The lowest BCUT2D eigenvalue weighted by atomic mass is 9.95. The Bertz CT molecular complexity index is 1580. The highest BCUT2D eigenvalue weighted by Gasteiger charge is 2.32. The minimum Gasteiger partial charge on any atom is -0.490 e. The Balaban J connectivity index is 1.37. The van der Waals surface area contributed by atoms with Gasteiger partial charge in [0.1, 0.15) is 13.2 Å². The molecule has 2 atom stereocenters. The number of ether oxygens (including phenoxy) is 4. The second-order valence-electron chi connectivity index (χ2n) is 9.64. The van der Waals surface area contributed by atoms with Gasteiger partial charge in [-0.1, -0.05) is 29.8 Å². The molecule has 0 radical (unpaired) electrons. The predicted molar refractivity (Wildman–Crippen MR) is 182 cm³/mol. The molecule has 238 valence electrons. The van der Waals surface area contributed by atoms with E-state index in [4.69, 9.17) is 30.5 Å². The number of hydrazone groups is 1. The van der Waals surface area contributed by atoms with Crippen molar-refractivity contribution in [2.24, 2.45) is 5.10 Å². The number of rotatable bonds is 13. The highest BCUT2D eigenvalue weighted by Crippen LogP contribution is 2.36. The minimum atomic E-state index is -1.16. The van der Waals surface area contributed by atoms with E-state index in [2.05, 4.69) is 59.7 Å². The van der Waals surface area contributed by atoms with Crippen molar-refractivity contribution in [1.29, 1.82) is 0 Å². The van der Waals surface area contributed by atoms with Crippen LogP contribution in [0, 0.1) is 3.57 Å². The third-order valence-corrected chi connectivity index (χ3v) is 8.02. The lowest BCUT2D eigenvalue weighted by molar-refractivity contribution is -0.136. The molecule has 3 aromatic rings. The first-order valence-electron chi connectivity index (χ1n) is 13.7. The van der Waals surface area contributed by atoms with Crippen LogP contribution < -0.4 is 30.3 Å². The molecule has 4 rings (SSSR count). The molecular weight excluding hydrogens is 783 g/mol. The fourth-order valence-electron chi connectivity index (χ4n) is 4.35. The molecule has 1 aliphatic rings. The van der Waals surface area contributed by atoms with E-state index in [9.17, 15) is 14.7 Å². The minimum absolute atomic E-state index is 0.164. The van der Waals surface area contributed by atoms with Crippen molar-refractivity contribution in [2.75, 3.05) is 20.3 Å². The summed E-state index contributed by atoms with van der Waals surface area (Å²) in [6.45, 7) is 3.97. The zero-order valence-electron chi connectivity index (χ0n) is 24.5. The van der Waals surface area contributed by atoms with E-state index in [0.717, 1.165) is 9.13 Å². The summed E-state index contributed by atoms with van der Waals surface area (Å²) in [5.41, 5.74) is 5.54. The number of carbonyl (C=O) groups is 2. The highest BCUT2D eigenvalue weighted by molar-refractivity contribution is 14.1. The molecule has 0 saturated heterocycles. The second kappa shape index (κ2) is 16.2. The van der Waals surface area contributed by atoms with Gasteiger partial charge < -0.3 is 34.7 Å². The van der Waals surface area contributed by atoms with Crippen molar-refractivity contribution < 1.29 is 33.6 Å². The van der Waals surface area contributed by atoms with Crippen LogP contribution >= 0.6 is 50.1 Å². The Morgan fingerprint density at radius 1 is 1.16 bits per heavy atom. The van der Waals surface area contributed by atoms with Gasteiger partial charge in [-0.2, -0.15) is 5.10 Å². The van der Waals surface area contributed by atoms with Crippen molar-refractivity contribution in [2.45, 2.75) is 32.7 Å². The number of nitrogens with zero attached hydrogens (tertiary/aromatic N) is 1.